The Labute approximate surface area is 219 Å². The van der Waals surface area contributed by atoms with Gasteiger partial charge in [-0.2, -0.15) is 0 Å². The van der Waals surface area contributed by atoms with Crippen LogP contribution in [0, 0.1) is 0 Å². The first-order valence-corrected chi connectivity index (χ1v) is 12.7. The molecule has 1 saturated heterocycles. The maximum atomic E-state index is 12.4. The summed E-state index contributed by atoms with van der Waals surface area (Å²) in [5.41, 5.74) is 2.97. The summed E-state index contributed by atoms with van der Waals surface area (Å²) in [7, 11) is 3.21. The second-order valence-electron chi connectivity index (χ2n) is 8.36. The zero-order chi connectivity index (χ0) is 25.6. The van der Waals surface area contributed by atoms with E-state index in [9.17, 15) is 4.79 Å². The van der Waals surface area contributed by atoms with Crippen molar-refractivity contribution in [1.82, 2.24) is 9.97 Å². The predicted octanol–water partition coefficient (Wildman–Crippen LogP) is 5.63. The van der Waals surface area contributed by atoms with Crippen molar-refractivity contribution >= 4 is 51.9 Å². The highest BCUT2D eigenvalue weighted by molar-refractivity contribution is 8.00. The maximum absolute atomic E-state index is 12.4. The Balaban J connectivity index is 1.37. The molecule has 4 aromatic rings. The first-order valence-electron chi connectivity index (χ1n) is 11.8. The zero-order valence-corrected chi connectivity index (χ0v) is 21.3. The van der Waals surface area contributed by atoms with Gasteiger partial charge in [0.25, 0.3) is 5.91 Å². The molecule has 1 aliphatic heterocycles. The van der Waals surface area contributed by atoms with E-state index in [0.717, 1.165) is 34.5 Å². The van der Waals surface area contributed by atoms with Gasteiger partial charge in [-0.3, -0.25) is 4.79 Å². The largest absolute Gasteiger partial charge is 0.497 e. The lowest BCUT2D eigenvalue weighted by molar-refractivity contribution is -0.124. The number of hydrogen-bond donors (Lipinski definition) is 3. The molecule has 3 N–H and O–H groups in total. The number of methoxy groups -OCH3 is 2. The van der Waals surface area contributed by atoms with Gasteiger partial charge in [0.2, 0.25) is 0 Å². The molecule has 1 aromatic heterocycles. The molecule has 1 amide bonds. The lowest BCUT2D eigenvalue weighted by Gasteiger charge is -2.15. The van der Waals surface area contributed by atoms with E-state index in [1.807, 2.05) is 60.7 Å². The Morgan fingerprint density at radius 2 is 1.65 bits per heavy atom. The summed E-state index contributed by atoms with van der Waals surface area (Å²) in [6.07, 6.45) is 1.27. The van der Waals surface area contributed by atoms with E-state index in [4.69, 9.17) is 24.2 Å². The number of para-hydroxylation sites is 2. The van der Waals surface area contributed by atoms with Crippen LogP contribution in [0.2, 0.25) is 0 Å². The normalized spacial score (nSPS) is 14.8. The van der Waals surface area contributed by atoms with Crippen LogP contribution in [0.25, 0.3) is 11.0 Å². The number of aromatic nitrogens is 2. The molecule has 10 heteroatoms. The third kappa shape index (κ3) is 6.04. The molecule has 0 bridgehead atoms. The molecule has 3 aromatic carbocycles. The first-order chi connectivity index (χ1) is 18.1. The SMILES string of the molecule is COc1cc(Nc2nc3ccccc3nc2NSc2cccc(NC(=O)C3CCCO3)c2)cc(OC)c1. The van der Waals surface area contributed by atoms with Gasteiger partial charge in [-0.05, 0) is 55.1 Å². The van der Waals surface area contributed by atoms with Crippen LogP contribution in [0.3, 0.4) is 0 Å². The highest BCUT2D eigenvalue weighted by Crippen LogP contribution is 2.32. The first kappa shape index (κ1) is 24.7. The van der Waals surface area contributed by atoms with E-state index in [0.29, 0.717) is 35.4 Å². The molecule has 2 heterocycles. The fourth-order valence-corrected chi connectivity index (χ4v) is 4.62. The summed E-state index contributed by atoms with van der Waals surface area (Å²) in [6, 6.07) is 20.8. The van der Waals surface area contributed by atoms with Gasteiger partial charge in [0.15, 0.2) is 11.6 Å². The van der Waals surface area contributed by atoms with Crippen molar-refractivity contribution in [2.24, 2.45) is 0 Å². The van der Waals surface area contributed by atoms with Crippen LogP contribution in [-0.4, -0.2) is 42.8 Å². The molecular weight excluding hydrogens is 490 g/mol. The summed E-state index contributed by atoms with van der Waals surface area (Å²) in [5.74, 6) is 2.29. The summed E-state index contributed by atoms with van der Waals surface area (Å²) in [5, 5.41) is 6.28. The Kier molecular flexibility index (Phi) is 7.57. The highest BCUT2D eigenvalue weighted by Gasteiger charge is 2.23. The van der Waals surface area contributed by atoms with Crippen LogP contribution < -0.4 is 24.8 Å². The van der Waals surface area contributed by atoms with Crippen molar-refractivity contribution in [3.05, 3.63) is 66.7 Å². The standard InChI is InChI=1S/C27H27N5O4S/c1-34-19-13-18(14-20(16-19)35-2)28-25-26(31-23-10-4-3-9-22(23)30-25)32-37-21-8-5-7-17(15-21)29-27(33)24-11-6-12-36-24/h3-5,7-10,13-16,24H,6,11-12H2,1-2H3,(H,28,30)(H,29,33)(H,31,32). The maximum Gasteiger partial charge on any atom is 0.253 e. The molecule has 5 rings (SSSR count). The Hall–Kier alpha value is -4.02. The average molecular weight is 518 g/mol. The van der Waals surface area contributed by atoms with Crippen molar-refractivity contribution in [2.75, 3.05) is 36.2 Å². The van der Waals surface area contributed by atoms with Crippen LogP contribution in [0.4, 0.5) is 23.0 Å². The molecule has 37 heavy (non-hydrogen) atoms. The van der Waals surface area contributed by atoms with Gasteiger partial charge >= 0.3 is 0 Å². The minimum Gasteiger partial charge on any atom is -0.497 e. The van der Waals surface area contributed by atoms with Gasteiger partial charge in [0.1, 0.15) is 17.6 Å². The fourth-order valence-electron chi connectivity index (χ4n) is 3.93. The van der Waals surface area contributed by atoms with E-state index >= 15 is 0 Å². The van der Waals surface area contributed by atoms with E-state index in [1.165, 1.54) is 11.9 Å². The molecule has 1 aliphatic rings. The van der Waals surface area contributed by atoms with Gasteiger partial charge in [0, 0.05) is 41.1 Å². The van der Waals surface area contributed by atoms with E-state index in [-0.39, 0.29) is 12.0 Å². The van der Waals surface area contributed by atoms with E-state index < -0.39 is 0 Å². The van der Waals surface area contributed by atoms with E-state index in [2.05, 4.69) is 15.4 Å². The van der Waals surface area contributed by atoms with Crippen LogP contribution in [-0.2, 0) is 9.53 Å². The molecule has 0 aliphatic carbocycles. The molecule has 9 nitrogen and oxygen atoms in total. The molecule has 0 radical (unpaired) electrons. The lowest BCUT2D eigenvalue weighted by atomic mass is 10.2. The number of benzene rings is 3. The number of amides is 1. The van der Waals surface area contributed by atoms with Crippen LogP contribution in [0.15, 0.2) is 71.6 Å². The Morgan fingerprint density at radius 1 is 0.919 bits per heavy atom. The van der Waals surface area contributed by atoms with Crippen LogP contribution in [0.5, 0.6) is 11.5 Å². The average Bonchev–Trinajstić information content (AvgIpc) is 3.47. The fraction of sp³-hybridized carbons (Fsp3) is 0.222. The van der Waals surface area contributed by atoms with E-state index in [1.54, 1.807) is 20.3 Å². The number of nitrogens with zero attached hydrogens (tertiary/aromatic N) is 2. The molecular formula is C27H27N5O4S. The third-order valence-corrected chi connectivity index (χ3v) is 6.56. The number of rotatable bonds is 9. The van der Waals surface area contributed by atoms with Crippen molar-refractivity contribution < 1.29 is 19.0 Å². The smallest absolute Gasteiger partial charge is 0.253 e. The molecule has 190 valence electrons. The summed E-state index contributed by atoms with van der Waals surface area (Å²) >= 11 is 1.37. The minimum absolute atomic E-state index is 0.117. The minimum atomic E-state index is -0.383. The summed E-state index contributed by atoms with van der Waals surface area (Å²) < 4.78 is 19.6. The van der Waals surface area contributed by atoms with Gasteiger partial charge in [0.05, 0.1) is 25.3 Å². The monoisotopic (exact) mass is 517 g/mol. The quantitative estimate of drug-likeness (QED) is 0.244. The molecule has 0 spiro atoms. The Bertz CT molecular complexity index is 1390. The number of fused-ring (bicyclic) bond motifs is 1. The number of nitrogens with one attached hydrogen (secondary N) is 3. The van der Waals surface area contributed by atoms with Crippen molar-refractivity contribution in [2.45, 2.75) is 23.8 Å². The van der Waals surface area contributed by atoms with Gasteiger partial charge < -0.3 is 29.6 Å². The topological polar surface area (TPSA) is 107 Å². The number of anilines is 4. The van der Waals surface area contributed by atoms with Crippen LogP contribution in [0.1, 0.15) is 12.8 Å². The zero-order valence-electron chi connectivity index (χ0n) is 20.5. The number of ether oxygens (including phenoxy) is 3. The predicted molar refractivity (Wildman–Crippen MR) is 146 cm³/mol. The highest BCUT2D eigenvalue weighted by atomic mass is 32.2. The van der Waals surface area contributed by atoms with Crippen molar-refractivity contribution in [1.29, 1.82) is 0 Å². The molecule has 0 saturated carbocycles. The second-order valence-corrected chi connectivity index (χ2v) is 9.24. The number of hydrogen-bond acceptors (Lipinski definition) is 9. The molecule has 1 atom stereocenters. The van der Waals surface area contributed by atoms with Crippen LogP contribution >= 0.6 is 11.9 Å². The second kappa shape index (κ2) is 11.4. The number of carbonyl (C=O) groups excluding carboxylic acids is 1. The summed E-state index contributed by atoms with van der Waals surface area (Å²) in [6.45, 7) is 0.629. The summed E-state index contributed by atoms with van der Waals surface area (Å²) in [4.78, 5) is 22.9. The van der Waals surface area contributed by atoms with Crippen molar-refractivity contribution in [3.63, 3.8) is 0 Å². The lowest BCUT2D eigenvalue weighted by Crippen LogP contribution is -2.26. The third-order valence-electron chi connectivity index (χ3n) is 5.77. The molecule has 1 fully saturated rings. The van der Waals surface area contributed by atoms with Gasteiger partial charge in [-0.15, -0.1) is 0 Å². The van der Waals surface area contributed by atoms with Gasteiger partial charge in [-0.25, -0.2) is 9.97 Å². The van der Waals surface area contributed by atoms with Gasteiger partial charge in [-0.1, -0.05) is 18.2 Å². The van der Waals surface area contributed by atoms with Crippen molar-refractivity contribution in [3.8, 4) is 11.5 Å². The Morgan fingerprint density at radius 3 is 2.32 bits per heavy atom. The molecule has 1 unspecified atom stereocenters. The number of carbonyl (C=O) groups is 1.